The van der Waals surface area contributed by atoms with Crippen molar-refractivity contribution in [1.29, 1.82) is 0 Å². The molecule has 0 aromatic carbocycles. The van der Waals surface area contributed by atoms with E-state index in [1.165, 1.54) is 11.1 Å². The van der Waals surface area contributed by atoms with Gasteiger partial charge in [-0.1, -0.05) is 13.0 Å². The summed E-state index contributed by atoms with van der Waals surface area (Å²) in [5, 5.41) is 0. The predicted octanol–water partition coefficient (Wildman–Crippen LogP) is 3.10. The van der Waals surface area contributed by atoms with Crippen LogP contribution in [-0.2, 0) is 11.2 Å². The Hall–Kier alpha value is -1.82. The van der Waals surface area contributed by atoms with Gasteiger partial charge in [0, 0.05) is 45.0 Å². The zero-order valence-electron chi connectivity index (χ0n) is 16.0. The average Bonchev–Trinajstić information content (AvgIpc) is 2.66. The number of hydrogen-bond donors (Lipinski definition) is 0. The SMILES string of the molecule is CCc1cnc(N2CCN(C(=O)C3=CC=C(Br)N(C)C3C)CC2)c(C)c1. The zero-order valence-corrected chi connectivity index (χ0v) is 17.6. The first-order valence-electron chi connectivity index (χ1n) is 9.22. The molecular formula is C20H27BrN4O. The van der Waals surface area contributed by atoms with Crippen LogP contribution in [-0.4, -0.2) is 60.0 Å². The third-order valence-electron chi connectivity index (χ3n) is 5.40. The van der Waals surface area contributed by atoms with Gasteiger partial charge in [0.25, 0.3) is 5.91 Å². The number of likely N-dealkylation sites (N-methyl/N-ethyl adjacent to an activating group) is 1. The van der Waals surface area contributed by atoms with Crippen molar-refractivity contribution in [2.45, 2.75) is 33.2 Å². The van der Waals surface area contributed by atoms with Crippen molar-refractivity contribution in [3.63, 3.8) is 0 Å². The second-order valence-electron chi connectivity index (χ2n) is 7.02. The van der Waals surface area contributed by atoms with Crippen LogP contribution in [0.5, 0.6) is 0 Å². The van der Waals surface area contributed by atoms with Gasteiger partial charge in [0.05, 0.1) is 10.6 Å². The van der Waals surface area contributed by atoms with Crippen molar-refractivity contribution in [2.75, 3.05) is 38.1 Å². The Kier molecular flexibility index (Phi) is 5.70. The number of pyridine rings is 1. The van der Waals surface area contributed by atoms with Crippen LogP contribution in [0.4, 0.5) is 5.82 Å². The normalized spacial score (nSPS) is 20.8. The maximum atomic E-state index is 13.0. The molecule has 0 N–H and O–H groups in total. The number of nitrogens with zero attached hydrogens (tertiary/aromatic N) is 4. The highest BCUT2D eigenvalue weighted by Crippen LogP contribution is 2.26. The second-order valence-corrected chi connectivity index (χ2v) is 7.83. The molecule has 0 spiro atoms. The van der Waals surface area contributed by atoms with Crippen molar-refractivity contribution < 1.29 is 4.79 Å². The molecule has 1 aromatic heterocycles. The first-order chi connectivity index (χ1) is 12.4. The lowest BCUT2D eigenvalue weighted by Gasteiger charge is -2.38. The lowest BCUT2D eigenvalue weighted by Crippen LogP contribution is -2.51. The van der Waals surface area contributed by atoms with Gasteiger partial charge in [0.2, 0.25) is 0 Å². The van der Waals surface area contributed by atoms with Gasteiger partial charge in [0.15, 0.2) is 0 Å². The lowest BCUT2D eigenvalue weighted by atomic mass is 10.0. The van der Waals surface area contributed by atoms with Crippen molar-refractivity contribution >= 4 is 27.7 Å². The number of carbonyl (C=O) groups excluding carboxylic acids is 1. The maximum Gasteiger partial charge on any atom is 0.251 e. The van der Waals surface area contributed by atoms with Crippen molar-refractivity contribution in [3.8, 4) is 0 Å². The minimum Gasteiger partial charge on any atom is -0.362 e. The van der Waals surface area contributed by atoms with Crippen molar-refractivity contribution in [2.24, 2.45) is 0 Å². The largest absolute Gasteiger partial charge is 0.362 e. The molecule has 0 bridgehead atoms. The van der Waals surface area contributed by atoms with E-state index in [0.29, 0.717) is 0 Å². The third kappa shape index (κ3) is 3.65. The lowest BCUT2D eigenvalue weighted by molar-refractivity contribution is -0.128. The number of anilines is 1. The smallest absolute Gasteiger partial charge is 0.251 e. The molecule has 140 valence electrons. The minimum atomic E-state index is 0.0744. The van der Waals surface area contributed by atoms with E-state index < -0.39 is 0 Å². The molecular weight excluding hydrogens is 392 g/mol. The Morgan fingerprint density at radius 1 is 1.27 bits per heavy atom. The first-order valence-corrected chi connectivity index (χ1v) is 10.0. The van der Waals surface area contributed by atoms with E-state index in [-0.39, 0.29) is 11.9 Å². The van der Waals surface area contributed by atoms with Gasteiger partial charge in [-0.05, 0) is 59.5 Å². The number of aryl methyl sites for hydroxylation is 2. The van der Waals surface area contributed by atoms with Crippen LogP contribution in [0.3, 0.4) is 0 Å². The molecule has 0 radical (unpaired) electrons. The number of hydrogen-bond acceptors (Lipinski definition) is 4. The highest BCUT2D eigenvalue weighted by atomic mass is 79.9. The summed E-state index contributed by atoms with van der Waals surface area (Å²) in [5.74, 6) is 1.19. The number of rotatable bonds is 3. The van der Waals surface area contributed by atoms with E-state index in [1.807, 2.05) is 30.3 Å². The molecule has 26 heavy (non-hydrogen) atoms. The number of amides is 1. The van der Waals surface area contributed by atoms with E-state index in [9.17, 15) is 4.79 Å². The Bertz CT molecular complexity index is 750. The van der Waals surface area contributed by atoms with Crippen LogP contribution >= 0.6 is 15.9 Å². The summed E-state index contributed by atoms with van der Waals surface area (Å²) in [6.07, 6.45) is 6.86. The number of carbonyl (C=O) groups is 1. The highest BCUT2D eigenvalue weighted by Gasteiger charge is 2.30. The summed E-state index contributed by atoms with van der Waals surface area (Å²) >= 11 is 3.52. The van der Waals surface area contributed by atoms with Crippen molar-refractivity contribution in [1.82, 2.24) is 14.8 Å². The first kappa shape index (κ1) is 19.0. The van der Waals surface area contributed by atoms with Crippen LogP contribution in [0.1, 0.15) is 25.0 Å². The molecule has 1 unspecified atom stereocenters. The van der Waals surface area contributed by atoms with Gasteiger partial charge in [-0.2, -0.15) is 0 Å². The predicted molar refractivity (Wildman–Crippen MR) is 109 cm³/mol. The number of aromatic nitrogens is 1. The Morgan fingerprint density at radius 2 is 1.96 bits per heavy atom. The van der Waals surface area contributed by atoms with E-state index in [1.54, 1.807) is 0 Å². The summed E-state index contributed by atoms with van der Waals surface area (Å²) in [7, 11) is 2.00. The second kappa shape index (κ2) is 7.82. The summed E-state index contributed by atoms with van der Waals surface area (Å²) in [5.41, 5.74) is 3.33. The summed E-state index contributed by atoms with van der Waals surface area (Å²) in [6, 6.07) is 2.29. The molecule has 0 aliphatic carbocycles. The van der Waals surface area contributed by atoms with Crippen molar-refractivity contribution in [3.05, 3.63) is 45.7 Å². The highest BCUT2D eigenvalue weighted by molar-refractivity contribution is 9.11. The molecule has 5 nitrogen and oxygen atoms in total. The molecule has 3 heterocycles. The van der Waals surface area contributed by atoms with E-state index >= 15 is 0 Å². The molecule has 3 rings (SSSR count). The average molecular weight is 419 g/mol. The van der Waals surface area contributed by atoms with Gasteiger partial charge >= 0.3 is 0 Å². The monoisotopic (exact) mass is 418 g/mol. The molecule has 1 saturated heterocycles. The maximum absolute atomic E-state index is 13.0. The topological polar surface area (TPSA) is 39.7 Å². The number of piperazine rings is 1. The molecule has 2 aliphatic rings. The molecule has 2 aliphatic heterocycles. The van der Waals surface area contributed by atoms with Gasteiger partial charge in [-0.25, -0.2) is 4.98 Å². The standard InChI is InChI=1S/C20H27BrN4O/c1-5-16-12-14(2)19(22-13-16)24-8-10-25(11-9-24)20(26)17-6-7-18(21)23(4)15(17)3/h6-7,12-13,15H,5,8-11H2,1-4H3. The Labute approximate surface area is 164 Å². The quantitative estimate of drug-likeness (QED) is 0.706. The van der Waals surface area contributed by atoms with E-state index in [0.717, 1.165) is 48.6 Å². The van der Waals surface area contributed by atoms with Gasteiger partial charge in [-0.15, -0.1) is 0 Å². The van der Waals surface area contributed by atoms with Crippen LogP contribution < -0.4 is 4.90 Å². The molecule has 0 saturated carbocycles. The molecule has 6 heteroatoms. The van der Waals surface area contributed by atoms with Gasteiger partial charge < -0.3 is 14.7 Å². The van der Waals surface area contributed by atoms with E-state index in [4.69, 9.17) is 0 Å². The van der Waals surface area contributed by atoms with Crippen LogP contribution in [0, 0.1) is 6.92 Å². The van der Waals surface area contributed by atoms with E-state index in [2.05, 4.69) is 57.6 Å². The fourth-order valence-corrected chi connectivity index (χ4v) is 3.95. The Morgan fingerprint density at radius 3 is 2.58 bits per heavy atom. The fraction of sp³-hybridized carbons (Fsp3) is 0.500. The molecule has 1 fully saturated rings. The molecule has 1 atom stereocenters. The molecule has 1 amide bonds. The van der Waals surface area contributed by atoms with Gasteiger partial charge in [0.1, 0.15) is 5.82 Å². The van der Waals surface area contributed by atoms with Crippen LogP contribution in [0.25, 0.3) is 0 Å². The molecule has 1 aromatic rings. The number of allylic oxidation sites excluding steroid dienone is 2. The Balaban J connectivity index is 1.66. The summed E-state index contributed by atoms with van der Waals surface area (Å²) in [4.78, 5) is 24.0. The zero-order chi connectivity index (χ0) is 18.8. The fourth-order valence-electron chi connectivity index (χ4n) is 3.51. The summed E-state index contributed by atoms with van der Waals surface area (Å²) < 4.78 is 1.00. The minimum absolute atomic E-state index is 0.0744. The van der Waals surface area contributed by atoms with Crippen LogP contribution in [0.2, 0.25) is 0 Å². The van der Waals surface area contributed by atoms with Crippen LogP contribution in [0.15, 0.2) is 34.6 Å². The van der Waals surface area contributed by atoms with Gasteiger partial charge in [-0.3, -0.25) is 4.79 Å². The third-order valence-corrected chi connectivity index (χ3v) is 6.22. The number of halogens is 1. The summed E-state index contributed by atoms with van der Waals surface area (Å²) in [6.45, 7) is 9.43.